The third kappa shape index (κ3) is 5.42. The molecule has 0 spiro atoms. The van der Waals surface area contributed by atoms with E-state index in [-0.39, 0.29) is 42.6 Å². The van der Waals surface area contributed by atoms with Gasteiger partial charge < -0.3 is 19.4 Å². The van der Waals surface area contributed by atoms with E-state index in [4.69, 9.17) is 4.74 Å². The molecule has 1 aromatic rings. The fourth-order valence-electron chi connectivity index (χ4n) is 4.20. The van der Waals surface area contributed by atoms with Crippen molar-refractivity contribution < 1.29 is 23.9 Å². The second-order valence-electron chi connectivity index (χ2n) is 8.37. The molecule has 3 amide bonds. The highest BCUT2D eigenvalue weighted by molar-refractivity contribution is 6.00. The van der Waals surface area contributed by atoms with Crippen molar-refractivity contribution in [2.75, 3.05) is 44.7 Å². The van der Waals surface area contributed by atoms with Crippen LogP contribution in [0.5, 0.6) is 0 Å². The molecule has 8 heteroatoms. The van der Waals surface area contributed by atoms with E-state index >= 15 is 0 Å². The normalized spacial score (nSPS) is 21.2. The first kappa shape index (κ1) is 22.8. The van der Waals surface area contributed by atoms with Crippen LogP contribution in [0.3, 0.4) is 0 Å². The summed E-state index contributed by atoms with van der Waals surface area (Å²) in [4.78, 5) is 54.8. The van der Waals surface area contributed by atoms with Gasteiger partial charge in [-0.1, -0.05) is 17.7 Å². The standard InChI is InChI=1S/C23H31N3O5/c1-4-31-23(30)17-6-5-11-25(13-17)21(28)15-24(3)22(29)18-12-20(27)26(14-18)19-9-7-16(2)8-10-19/h7-10,17-18H,4-6,11-15H2,1-3H3. The molecule has 2 fully saturated rings. The van der Waals surface area contributed by atoms with Gasteiger partial charge in [-0.2, -0.15) is 0 Å². The second kappa shape index (κ2) is 9.94. The third-order valence-electron chi connectivity index (χ3n) is 5.96. The lowest BCUT2D eigenvalue weighted by molar-refractivity contribution is -0.152. The van der Waals surface area contributed by atoms with Gasteiger partial charge in [0.05, 0.1) is 25.0 Å². The van der Waals surface area contributed by atoms with Gasteiger partial charge >= 0.3 is 5.97 Å². The number of carbonyl (C=O) groups is 4. The fourth-order valence-corrected chi connectivity index (χ4v) is 4.20. The molecular weight excluding hydrogens is 398 g/mol. The number of ether oxygens (including phenoxy) is 1. The highest BCUT2D eigenvalue weighted by Gasteiger charge is 2.37. The zero-order valence-electron chi connectivity index (χ0n) is 18.5. The van der Waals surface area contributed by atoms with Crippen molar-refractivity contribution in [2.45, 2.75) is 33.1 Å². The number of amides is 3. The number of aryl methyl sites for hydroxylation is 1. The first-order valence-corrected chi connectivity index (χ1v) is 10.9. The highest BCUT2D eigenvalue weighted by atomic mass is 16.5. The molecule has 2 aliphatic heterocycles. The van der Waals surface area contributed by atoms with Crippen LogP contribution < -0.4 is 4.90 Å². The molecule has 2 atom stereocenters. The minimum atomic E-state index is -0.472. The Morgan fingerprint density at radius 1 is 1.13 bits per heavy atom. The zero-order chi connectivity index (χ0) is 22.5. The predicted molar refractivity (Wildman–Crippen MR) is 115 cm³/mol. The van der Waals surface area contributed by atoms with Crippen molar-refractivity contribution in [3.8, 4) is 0 Å². The topological polar surface area (TPSA) is 87.2 Å². The number of rotatable bonds is 6. The zero-order valence-corrected chi connectivity index (χ0v) is 18.5. The Hall–Kier alpha value is -2.90. The van der Waals surface area contributed by atoms with Gasteiger partial charge in [0, 0.05) is 38.8 Å². The molecule has 2 saturated heterocycles. The molecule has 2 unspecified atom stereocenters. The van der Waals surface area contributed by atoms with E-state index in [0.29, 0.717) is 32.7 Å². The average molecular weight is 430 g/mol. The molecule has 3 rings (SSSR count). The Morgan fingerprint density at radius 2 is 1.84 bits per heavy atom. The Balaban J connectivity index is 1.55. The van der Waals surface area contributed by atoms with Gasteiger partial charge in [-0.25, -0.2) is 0 Å². The lowest BCUT2D eigenvalue weighted by Gasteiger charge is -2.33. The van der Waals surface area contributed by atoms with Gasteiger partial charge in [-0.3, -0.25) is 19.2 Å². The van der Waals surface area contributed by atoms with Crippen molar-refractivity contribution in [1.82, 2.24) is 9.80 Å². The molecule has 31 heavy (non-hydrogen) atoms. The smallest absolute Gasteiger partial charge is 0.310 e. The molecule has 8 nitrogen and oxygen atoms in total. The maximum Gasteiger partial charge on any atom is 0.310 e. The van der Waals surface area contributed by atoms with Gasteiger partial charge in [0.2, 0.25) is 17.7 Å². The second-order valence-corrected chi connectivity index (χ2v) is 8.37. The molecule has 0 aromatic heterocycles. The summed E-state index contributed by atoms with van der Waals surface area (Å²) in [6.07, 6.45) is 1.58. The fraction of sp³-hybridized carbons (Fsp3) is 0.565. The Morgan fingerprint density at radius 3 is 2.52 bits per heavy atom. The number of hydrogen-bond acceptors (Lipinski definition) is 5. The van der Waals surface area contributed by atoms with Crippen molar-refractivity contribution in [3.05, 3.63) is 29.8 Å². The summed E-state index contributed by atoms with van der Waals surface area (Å²) in [6.45, 7) is 5.20. The van der Waals surface area contributed by atoms with Crippen molar-refractivity contribution in [2.24, 2.45) is 11.8 Å². The van der Waals surface area contributed by atoms with Crippen LogP contribution >= 0.6 is 0 Å². The van der Waals surface area contributed by atoms with Crippen molar-refractivity contribution >= 4 is 29.4 Å². The molecule has 0 aliphatic carbocycles. The maximum atomic E-state index is 12.9. The Kier molecular flexibility index (Phi) is 7.30. The molecule has 2 aliphatic rings. The van der Waals surface area contributed by atoms with Crippen LogP contribution in [0.25, 0.3) is 0 Å². The number of carbonyl (C=O) groups excluding carboxylic acids is 4. The molecule has 0 saturated carbocycles. The van der Waals surface area contributed by atoms with Gasteiger partial charge in [0.25, 0.3) is 0 Å². The number of nitrogens with zero attached hydrogens (tertiary/aromatic N) is 3. The predicted octanol–water partition coefficient (Wildman–Crippen LogP) is 1.61. The lowest BCUT2D eigenvalue weighted by atomic mass is 9.98. The number of likely N-dealkylation sites (N-methyl/N-ethyl adjacent to an activating group) is 1. The van der Waals surface area contributed by atoms with Crippen LogP contribution in [0.4, 0.5) is 5.69 Å². The molecule has 0 bridgehead atoms. The van der Waals surface area contributed by atoms with E-state index in [1.54, 1.807) is 23.8 Å². The lowest BCUT2D eigenvalue weighted by Crippen LogP contribution is -2.48. The number of benzene rings is 1. The van der Waals surface area contributed by atoms with E-state index in [0.717, 1.165) is 17.7 Å². The van der Waals surface area contributed by atoms with E-state index in [9.17, 15) is 19.2 Å². The third-order valence-corrected chi connectivity index (χ3v) is 5.96. The monoisotopic (exact) mass is 429 g/mol. The van der Waals surface area contributed by atoms with Gasteiger partial charge in [-0.05, 0) is 38.8 Å². The van der Waals surface area contributed by atoms with Crippen molar-refractivity contribution in [3.63, 3.8) is 0 Å². The number of hydrogen-bond donors (Lipinski definition) is 0. The minimum absolute atomic E-state index is 0.0659. The van der Waals surface area contributed by atoms with E-state index < -0.39 is 5.92 Å². The largest absolute Gasteiger partial charge is 0.466 e. The van der Waals surface area contributed by atoms with Crippen LogP contribution in [-0.2, 0) is 23.9 Å². The molecular formula is C23H31N3O5. The van der Waals surface area contributed by atoms with Gasteiger partial charge in [0.15, 0.2) is 0 Å². The number of anilines is 1. The van der Waals surface area contributed by atoms with Crippen molar-refractivity contribution in [1.29, 1.82) is 0 Å². The Labute approximate surface area is 183 Å². The molecule has 1 aromatic carbocycles. The molecule has 2 heterocycles. The Bertz CT molecular complexity index is 838. The van der Waals surface area contributed by atoms with E-state index in [2.05, 4.69) is 0 Å². The summed E-state index contributed by atoms with van der Waals surface area (Å²) < 4.78 is 5.08. The van der Waals surface area contributed by atoms with Crippen LogP contribution in [0, 0.1) is 18.8 Å². The summed E-state index contributed by atoms with van der Waals surface area (Å²) in [5, 5.41) is 0. The summed E-state index contributed by atoms with van der Waals surface area (Å²) in [5.41, 5.74) is 1.88. The number of likely N-dealkylation sites (tertiary alicyclic amines) is 1. The summed E-state index contributed by atoms with van der Waals surface area (Å²) in [6, 6.07) is 7.63. The van der Waals surface area contributed by atoms with Crippen LogP contribution in [-0.4, -0.2) is 73.3 Å². The van der Waals surface area contributed by atoms with E-state index in [1.807, 2.05) is 31.2 Å². The van der Waals surface area contributed by atoms with Crippen LogP contribution in [0.15, 0.2) is 24.3 Å². The number of piperidine rings is 1. The minimum Gasteiger partial charge on any atom is -0.466 e. The van der Waals surface area contributed by atoms with Gasteiger partial charge in [-0.15, -0.1) is 0 Å². The SMILES string of the molecule is CCOC(=O)C1CCCN(C(=O)CN(C)C(=O)C2CC(=O)N(c3ccc(C)cc3)C2)C1. The van der Waals surface area contributed by atoms with Crippen LogP contribution in [0.2, 0.25) is 0 Å². The summed E-state index contributed by atoms with van der Waals surface area (Å²) in [5.74, 6) is -1.55. The summed E-state index contributed by atoms with van der Waals surface area (Å²) in [7, 11) is 1.59. The maximum absolute atomic E-state index is 12.9. The molecule has 168 valence electrons. The first-order chi connectivity index (χ1) is 14.8. The highest BCUT2D eigenvalue weighted by Crippen LogP contribution is 2.26. The van der Waals surface area contributed by atoms with Gasteiger partial charge in [0.1, 0.15) is 0 Å². The average Bonchev–Trinajstić information content (AvgIpc) is 3.15. The first-order valence-electron chi connectivity index (χ1n) is 10.9. The number of esters is 1. The van der Waals surface area contributed by atoms with E-state index in [1.165, 1.54) is 4.90 Å². The summed E-state index contributed by atoms with van der Waals surface area (Å²) >= 11 is 0. The molecule has 0 radical (unpaired) electrons. The molecule has 0 N–H and O–H groups in total. The van der Waals surface area contributed by atoms with Crippen LogP contribution in [0.1, 0.15) is 31.7 Å². The quantitative estimate of drug-likeness (QED) is 0.641.